The second-order valence-corrected chi connectivity index (χ2v) is 7.16. The summed E-state index contributed by atoms with van der Waals surface area (Å²) in [6.07, 6.45) is 0. The van der Waals surface area contributed by atoms with Gasteiger partial charge in [0.2, 0.25) is 0 Å². The molecule has 1 aromatic carbocycles. The van der Waals surface area contributed by atoms with Crippen LogP contribution in [0.4, 0.5) is 5.69 Å². The summed E-state index contributed by atoms with van der Waals surface area (Å²) in [6.45, 7) is 3.89. The van der Waals surface area contributed by atoms with Gasteiger partial charge in [0.1, 0.15) is 5.69 Å². The fourth-order valence-electron chi connectivity index (χ4n) is 3.13. The Hall–Kier alpha value is -2.28. The number of amides is 1. The third-order valence-electron chi connectivity index (χ3n) is 4.29. The second-order valence-electron chi connectivity index (χ2n) is 6.10. The van der Waals surface area contributed by atoms with Crippen molar-refractivity contribution in [3.05, 3.63) is 47.3 Å². The number of aryl methyl sites for hydroxylation is 2. The third kappa shape index (κ3) is 2.80. The van der Waals surface area contributed by atoms with Crippen LogP contribution in [0.25, 0.3) is 0 Å². The summed E-state index contributed by atoms with van der Waals surface area (Å²) in [5.74, 6) is 0.982. The summed E-state index contributed by atoms with van der Waals surface area (Å²) in [5, 5.41) is 8.33. The van der Waals surface area contributed by atoms with E-state index in [1.165, 1.54) is 0 Å². The molecule has 0 saturated carbocycles. The van der Waals surface area contributed by atoms with Gasteiger partial charge in [-0.25, -0.2) is 0 Å². The van der Waals surface area contributed by atoms with Crippen molar-refractivity contribution in [2.45, 2.75) is 13.0 Å². The maximum Gasteiger partial charge on any atom is 0.273 e. The first-order valence-electron chi connectivity index (χ1n) is 7.97. The van der Waals surface area contributed by atoms with Gasteiger partial charge in [-0.05, 0) is 30.7 Å². The molecule has 2 aromatic rings. The van der Waals surface area contributed by atoms with Gasteiger partial charge in [0.25, 0.3) is 5.91 Å². The highest BCUT2D eigenvalue weighted by Gasteiger charge is 2.30. The Labute approximate surface area is 144 Å². The highest BCUT2D eigenvalue weighted by molar-refractivity contribution is 8.14. The number of rotatable bonds is 3. The first-order valence-corrected chi connectivity index (χ1v) is 8.96. The quantitative estimate of drug-likeness (QED) is 0.931. The number of nitrogens with zero attached hydrogens (tertiary/aromatic N) is 4. The van der Waals surface area contributed by atoms with Crippen LogP contribution in [0.15, 0.2) is 35.3 Å². The molecule has 2 aliphatic heterocycles. The average molecular weight is 341 g/mol. The molecule has 1 N–H and O–H groups in total. The van der Waals surface area contributed by atoms with Crippen molar-refractivity contribution in [1.29, 1.82) is 0 Å². The van der Waals surface area contributed by atoms with Gasteiger partial charge >= 0.3 is 0 Å². The average Bonchev–Trinajstić information content (AvgIpc) is 3.21. The molecule has 1 fully saturated rings. The molecule has 7 heteroatoms. The van der Waals surface area contributed by atoms with Crippen LogP contribution in [0, 0.1) is 6.92 Å². The first kappa shape index (κ1) is 15.3. The van der Waals surface area contributed by atoms with Crippen LogP contribution in [-0.2, 0) is 7.05 Å². The van der Waals surface area contributed by atoms with Crippen LogP contribution < -0.4 is 5.32 Å². The van der Waals surface area contributed by atoms with E-state index in [9.17, 15) is 4.79 Å². The molecular weight excluding hydrogens is 322 g/mol. The normalized spacial score (nSPS) is 19.3. The Morgan fingerprint density at radius 2 is 2.25 bits per heavy atom. The van der Waals surface area contributed by atoms with Crippen LogP contribution >= 0.6 is 11.8 Å². The number of benzene rings is 1. The number of amidine groups is 1. The highest BCUT2D eigenvalue weighted by atomic mass is 32.2. The smallest absolute Gasteiger partial charge is 0.273 e. The molecule has 1 atom stereocenters. The Balaban J connectivity index is 1.52. The molecule has 2 aliphatic rings. The zero-order chi connectivity index (χ0) is 16.7. The van der Waals surface area contributed by atoms with E-state index in [2.05, 4.69) is 21.4 Å². The van der Waals surface area contributed by atoms with E-state index in [0.717, 1.165) is 41.0 Å². The predicted molar refractivity (Wildman–Crippen MR) is 96.5 cm³/mol. The van der Waals surface area contributed by atoms with Gasteiger partial charge in [-0.2, -0.15) is 5.10 Å². The summed E-state index contributed by atoms with van der Waals surface area (Å²) < 4.78 is 1.60. The molecule has 124 valence electrons. The van der Waals surface area contributed by atoms with Crippen LogP contribution in [-0.4, -0.2) is 44.6 Å². The summed E-state index contributed by atoms with van der Waals surface area (Å²) in [6, 6.07) is 9.91. The largest absolute Gasteiger partial charge is 0.348 e. The van der Waals surface area contributed by atoms with Crippen molar-refractivity contribution in [3.63, 3.8) is 0 Å². The van der Waals surface area contributed by atoms with Gasteiger partial charge in [-0.3, -0.25) is 14.5 Å². The van der Waals surface area contributed by atoms with E-state index in [1.807, 2.05) is 36.9 Å². The molecule has 1 saturated heterocycles. The zero-order valence-corrected chi connectivity index (χ0v) is 14.5. The highest BCUT2D eigenvalue weighted by Crippen LogP contribution is 2.33. The van der Waals surface area contributed by atoms with E-state index in [0.29, 0.717) is 5.69 Å². The van der Waals surface area contributed by atoms with Gasteiger partial charge in [0.15, 0.2) is 5.17 Å². The Morgan fingerprint density at radius 3 is 3.00 bits per heavy atom. The lowest BCUT2D eigenvalue weighted by Gasteiger charge is -2.14. The molecule has 1 amide bonds. The SMILES string of the molecule is Cc1cc(C(=O)Nc2cccc(C3CN4CCSC4=N3)c2)n(C)n1. The van der Waals surface area contributed by atoms with Crippen LogP contribution in [0.2, 0.25) is 0 Å². The molecule has 0 spiro atoms. The lowest BCUT2D eigenvalue weighted by Crippen LogP contribution is -2.22. The molecule has 1 aromatic heterocycles. The minimum absolute atomic E-state index is 0.149. The fraction of sp³-hybridized carbons (Fsp3) is 0.353. The van der Waals surface area contributed by atoms with Gasteiger partial charge in [0.05, 0.1) is 11.7 Å². The van der Waals surface area contributed by atoms with Crippen molar-refractivity contribution in [2.75, 3.05) is 24.2 Å². The van der Waals surface area contributed by atoms with Crippen molar-refractivity contribution >= 4 is 28.5 Å². The minimum Gasteiger partial charge on any atom is -0.348 e. The lowest BCUT2D eigenvalue weighted by atomic mass is 10.1. The predicted octanol–water partition coefficient (Wildman–Crippen LogP) is 2.44. The number of nitrogens with one attached hydrogen (secondary N) is 1. The van der Waals surface area contributed by atoms with Crippen molar-refractivity contribution in [2.24, 2.45) is 12.0 Å². The first-order chi connectivity index (χ1) is 11.6. The number of thioether (sulfide) groups is 1. The summed E-state index contributed by atoms with van der Waals surface area (Å²) in [5.41, 5.74) is 3.31. The number of aromatic nitrogens is 2. The van der Waals surface area contributed by atoms with Crippen molar-refractivity contribution < 1.29 is 4.79 Å². The number of carbonyl (C=O) groups excluding carboxylic acids is 1. The van der Waals surface area contributed by atoms with Crippen molar-refractivity contribution in [3.8, 4) is 0 Å². The maximum absolute atomic E-state index is 12.4. The Bertz CT molecular complexity index is 828. The van der Waals surface area contributed by atoms with E-state index in [4.69, 9.17) is 4.99 Å². The molecule has 4 rings (SSSR count). The lowest BCUT2D eigenvalue weighted by molar-refractivity contribution is 0.101. The van der Waals surface area contributed by atoms with Crippen molar-refractivity contribution in [1.82, 2.24) is 14.7 Å². The maximum atomic E-state index is 12.4. The third-order valence-corrected chi connectivity index (χ3v) is 5.29. The van der Waals surface area contributed by atoms with E-state index in [-0.39, 0.29) is 11.9 Å². The summed E-state index contributed by atoms with van der Waals surface area (Å²) in [7, 11) is 1.78. The second kappa shape index (κ2) is 5.98. The van der Waals surface area contributed by atoms with E-state index >= 15 is 0 Å². The summed E-state index contributed by atoms with van der Waals surface area (Å²) >= 11 is 1.82. The van der Waals surface area contributed by atoms with Crippen LogP contribution in [0.5, 0.6) is 0 Å². The minimum atomic E-state index is -0.149. The van der Waals surface area contributed by atoms with Crippen LogP contribution in [0.3, 0.4) is 0 Å². The molecule has 1 unspecified atom stereocenters. The Kier molecular flexibility index (Phi) is 3.80. The number of anilines is 1. The van der Waals surface area contributed by atoms with Crippen LogP contribution in [0.1, 0.15) is 27.8 Å². The monoisotopic (exact) mass is 341 g/mol. The van der Waals surface area contributed by atoms with Gasteiger partial charge < -0.3 is 10.2 Å². The topological polar surface area (TPSA) is 62.5 Å². The molecule has 0 radical (unpaired) electrons. The number of carbonyl (C=O) groups is 1. The number of hydrogen-bond donors (Lipinski definition) is 1. The molecule has 0 aliphatic carbocycles. The number of hydrogen-bond acceptors (Lipinski definition) is 5. The summed E-state index contributed by atoms with van der Waals surface area (Å²) in [4.78, 5) is 19.6. The van der Waals surface area contributed by atoms with Gasteiger partial charge in [-0.1, -0.05) is 23.9 Å². The molecular formula is C17H19N5OS. The Morgan fingerprint density at radius 1 is 1.38 bits per heavy atom. The van der Waals surface area contributed by atoms with Gasteiger partial charge in [-0.15, -0.1) is 0 Å². The number of fused-ring (bicyclic) bond motifs is 1. The molecule has 6 nitrogen and oxygen atoms in total. The van der Waals surface area contributed by atoms with E-state index in [1.54, 1.807) is 17.8 Å². The fourth-order valence-corrected chi connectivity index (χ4v) is 4.17. The zero-order valence-electron chi connectivity index (χ0n) is 13.7. The molecule has 24 heavy (non-hydrogen) atoms. The number of aliphatic imine (C=N–C) groups is 1. The molecule has 0 bridgehead atoms. The van der Waals surface area contributed by atoms with E-state index < -0.39 is 0 Å². The molecule has 3 heterocycles. The van der Waals surface area contributed by atoms with Gasteiger partial charge in [0, 0.05) is 31.6 Å². The standard InChI is InChI=1S/C17H19N5OS/c1-11-8-15(21(2)20-11)16(23)18-13-5-3-4-12(9-13)14-10-22-6-7-24-17(22)19-14/h3-5,8-9,14H,6-7,10H2,1-2H3,(H,18,23).